The number of amides is 3. The van der Waals surface area contributed by atoms with E-state index >= 15 is 0 Å². The van der Waals surface area contributed by atoms with Crippen molar-refractivity contribution in [2.24, 2.45) is 0 Å². The van der Waals surface area contributed by atoms with Gasteiger partial charge in [0.15, 0.2) is 6.10 Å². The number of nitrogens with one attached hydrogen (secondary N) is 2. The third kappa shape index (κ3) is 5.89. The number of aliphatic hydroxyl groups excluding tert-OH is 1. The lowest BCUT2D eigenvalue weighted by atomic mass is 9.95. The van der Waals surface area contributed by atoms with Gasteiger partial charge in [0.25, 0.3) is 11.8 Å². The predicted octanol–water partition coefficient (Wildman–Crippen LogP) is 3.17. The van der Waals surface area contributed by atoms with Gasteiger partial charge in [0.2, 0.25) is 5.91 Å². The summed E-state index contributed by atoms with van der Waals surface area (Å²) >= 11 is 0. The van der Waals surface area contributed by atoms with E-state index in [0.717, 1.165) is 24.0 Å². The lowest BCUT2D eigenvalue weighted by Gasteiger charge is -2.33. The van der Waals surface area contributed by atoms with Crippen molar-refractivity contribution in [1.82, 2.24) is 15.5 Å². The van der Waals surface area contributed by atoms with E-state index in [1.165, 1.54) is 16.5 Å². The van der Waals surface area contributed by atoms with Crippen LogP contribution < -0.4 is 10.6 Å². The molecule has 3 amide bonds. The topological polar surface area (TPSA) is 128 Å². The molecule has 42 heavy (non-hydrogen) atoms. The minimum Gasteiger partial charge on any atom is -0.508 e. The first kappa shape index (κ1) is 29.3. The Morgan fingerprint density at radius 1 is 1.02 bits per heavy atom. The molecule has 220 valence electrons. The van der Waals surface area contributed by atoms with Gasteiger partial charge >= 0.3 is 0 Å². The van der Waals surface area contributed by atoms with Crippen LogP contribution in [0.15, 0.2) is 72.8 Å². The Labute approximate surface area is 245 Å². The number of rotatable bonds is 8. The molecule has 0 aromatic heterocycles. The summed E-state index contributed by atoms with van der Waals surface area (Å²) in [6.07, 6.45) is 0.0966. The van der Waals surface area contributed by atoms with Crippen LogP contribution in [0.2, 0.25) is 0 Å². The molecular weight excluding hydrogens is 534 g/mol. The van der Waals surface area contributed by atoms with Crippen molar-refractivity contribution in [3.63, 3.8) is 0 Å². The summed E-state index contributed by atoms with van der Waals surface area (Å²) in [5, 5.41) is 27.5. The van der Waals surface area contributed by atoms with Gasteiger partial charge in [-0.05, 0) is 68.9 Å². The van der Waals surface area contributed by atoms with Gasteiger partial charge in [0.05, 0.1) is 17.7 Å². The Kier molecular flexibility index (Phi) is 8.34. The van der Waals surface area contributed by atoms with Gasteiger partial charge in [-0.1, -0.05) is 60.7 Å². The highest BCUT2D eigenvalue weighted by molar-refractivity contribution is 5.97. The van der Waals surface area contributed by atoms with Crippen LogP contribution in [0, 0.1) is 6.92 Å². The van der Waals surface area contributed by atoms with Crippen molar-refractivity contribution in [3.8, 4) is 5.75 Å². The maximum atomic E-state index is 13.9. The lowest BCUT2D eigenvalue weighted by molar-refractivity contribution is -0.147. The third-order valence-electron chi connectivity index (χ3n) is 8.33. The second-order valence-corrected chi connectivity index (χ2v) is 11.6. The highest BCUT2D eigenvalue weighted by atomic mass is 16.5. The zero-order chi connectivity index (χ0) is 30.0. The van der Waals surface area contributed by atoms with E-state index in [1.54, 1.807) is 32.9 Å². The van der Waals surface area contributed by atoms with Crippen LogP contribution in [0.25, 0.3) is 0 Å². The number of aromatic hydroxyl groups is 1. The van der Waals surface area contributed by atoms with Crippen molar-refractivity contribution < 1.29 is 29.3 Å². The number of phenolic OH excluding ortho intramolecular Hbond substituents is 1. The molecule has 9 nitrogen and oxygen atoms in total. The Balaban J connectivity index is 1.37. The van der Waals surface area contributed by atoms with Gasteiger partial charge in [-0.15, -0.1) is 0 Å². The van der Waals surface area contributed by atoms with Crippen LogP contribution in [-0.2, 0) is 27.2 Å². The molecular formula is C33H37N3O6. The van der Waals surface area contributed by atoms with E-state index in [0.29, 0.717) is 5.56 Å². The minimum absolute atomic E-state index is 0.0333. The summed E-state index contributed by atoms with van der Waals surface area (Å²) in [6, 6.07) is 19.6. The molecule has 0 radical (unpaired) electrons. The Morgan fingerprint density at radius 3 is 2.50 bits per heavy atom. The Hall–Kier alpha value is -4.21. The van der Waals surface area contributed by atoms with Crippen LogP contribution in [0.5, 0.6) is 5.75 Å². The molecule has 0 spiro atoms. The molecule has 0 saturated carbocycles. The van der Waals surface area contributed by atoms with Crippen LogP contribution >= 0.6 is 0 Å². The highest BCUT2D eigenvalue weighted by Gasteiger charge is 2.51. The van der Waals surface area contributed by atoms with E-state index < -0.39 is 35.6 Å². The van der Waals surface area contributed by atoms with E-state index in [4.69, 9.17) is 4.74 Å². The van der Waals surface area contributed by atoms with Gasteiger partial charge in [-0.3, -0.25) is 14.4 Å². The number of fused-ring (bicyclic) bond motifs is 1. The maximum Gasteiger partial charge on any atom is 0.256 e. The van der Waals surface area contributed by atoms with Crippen molar-refractivity contribution in [1.29, 1.82) is 0 Å². The number of benzene rings is 3. The number of nitrogens with zero attached hydrogens (tertiary/aromatic N) is 1. The fraction of sp³-hybridized carbons (Fsp3) is 0.364. The van der Waals surface area contributed by atoms with Crippen LogP contribution in [0.3, 0.4) is 0 Å². The smallest absolute Gasteiger partial charge is 0.256 e. The van der Waals surface area contributed by atoms with Crippen molar-refractivity contribution in [2.75, 3.05) is 6.73 Å². The molecule has 1 heterocycles. The molecule has 1 aliphatic carbocycles. The van der Waals surface area contributed by atoms with Gasteiger partial charge < -0.3 is 30.5 Å². The Morgan fingerprint density at radius 2 is 1.74 bits per heavy atom. The number of carbonyl (C=O) groups is 3. The quantitative estimate of drug-likeness (QED) is 0.329. The van der Waals surface area contributed by atoms with E-state index in [1.807, 2.05) is 48.5 Å². The molecule has 2 aliphatic rings. The predicted molar refractivity (Wildman–Crippen MR) is 157 cm³/mol. The summed E-state index contributed by atoms with van der Waals surface area (Å²) < 4.78 is 5.89. The Bertz CT molecular complexity index is 1470. The molecule has 1 aliphatic heterocycles. The molecule has 4 N–H and O–H groups in total. The van der Waals surface area contributed by atoms with Crippen molar-refractivity contribution in [2.45, 2.75) is 69.9 Å². The maximum absolute atomic E-state index is 13.9. The van der Waals surface area contributed by atoms with Gasteiger partial charge in [0.1, 0.15) is 18.5 Å². The molecule has 4 atom stereocenters. The SMILES string of the molecule is Cc1c(O)cccc1C(=O)NC(Cc1ccccc1)C(O)C(=O)N1COC(C)(C)C1C(=O)NC1CCc2ccccc21. The summed E-state index contributed by atoms with van der Waals surface area (Å²) in [5.74, 6) is -1.65. The van der Waals surface area contributed by atoms with E-state index in [-0.39, 0.29) is 36.4 Å². The number of aliphatic hydroxyl groups is 1. The molecule has 3 aromatic carbocycles. The van der Waals surface area contributed by atoms with Crippen molar-refractivity contribution in [3.05, 3.63) is 101 Å². The molecule has 1 saturated heterocycles. The number of carbonyl (C=O) groups excluding carboxylic acids is 3. The van der Waals surface area contributed by atoms with Gasteiger partial charge in [0, 0.05) is 11.1 Å². The molecule has 3 aromatic rings. The first-order chi connectivity index (χ1) is 20.1. The molecule has 0 bridgehead atoms. The average Bonchev–Trinajstić information content (AvgIpc) is 3.53. The average molecular weight is 572 g/mol. The van der Waals surface area contributed by atoms with Gasteiger partial charge in [-0.25, -0.2) is 0 Å². The zero-order valence-corrected chi connectivity index (χ0v) is 24.0. The van der Waals surface area contributed by atoms with E-state index in [9.17, 15) is 24.6 Å². The largest absolute Gasteiger partial charge is 0.508 e. The van der Waals surface area contributed by atoms with Crippen molar-refractivity contribution >= 4 is 17.7 Å². The number of ether oxygens (including phenoxy) is 1. The summed E-state index contributed by atoms with van der Waals surface area (Å²) in [5.41, 5.74) is 2.66. The van der Waals surface area contributed by atoms with Crippen LogP contribution in [0.4, 0.5) is 0 Å². The zero-order valence-electron chi connectivity index (χ0n) is 24.0. The number of aryl methyl sites for hydroxylation is 1. The van der Waals surface area contributed by atoms with Gasteiger partial charge in [-0.2, -0.15) is 0 Å². The molecule has 5 rings (SSSR count). The third-order valence-corrected chi connectivity index (χ3v) is 8.33. The normalized spacial score (nSPS) is 20.4. The van der Waals surface area contributed by atoms with Crippen LogP contribution in [0.1, 0.15) is 58.9 Å². The first-order valence-electron chi connectivity index (χ1n) is 14.2. The number of hydrogen-bond acceptors (Lipinski definition) is 6. The molecule has 1 fully saturated rings. The summed E-state index contributed by atoms with van der Waals surface area (Å²) in [4.78, 5) is 42.1. The molecule has 9 heteroatoms. The fourth-order valence-corrected chi connectivity index (χ4v) is 5.94. The summed E-state index contributed by atoms with van der Waals surface area (Å²) in [6.45, 7) is 4.92. The second kappa shape index (κ2) is 12.0. The second-order valence-electron chi connectivity index (χ2n) is 11.6. The highest BCUT2D eigenvalue weighted by Crippen LogP contribution is 2.33. The van der Waals surface area contributed by atoms with E-state index in [2.05, 4.69) is 16.7 Å². The monoisotopic (exact) mass is 571 g/mol. The first-order valence-corrected chi connectivity index (χ1v) is 14.2. The standard InChI is InChI=1S/C33H37N3O6/c1-20-23(14-9-15-27(20)37)30(39)35-26(18-21-10-5-4-6-11-21)28(38)32(41)36-19-42-33(2,3)29(36)31(40)34-25-17-16-22-12-7-8-13-24(22)25/h4-15,25-26,28-29,37-38H,16-19H2,1-3H3,(H,34,40)(H,35,39). The number of phenols is 1. The minimum atomic E-state index is -1.67. The van der Waals surface area contributed by atoms with Crippen LogP contribution in [-0.4, -0.2) is 63.4 Å². The lowest BCUT2D eigenvalue weighted by Crippen LogP contribution is -2.59. The fourth-order valence-electron chi connectivity index (χ4n) is 5.94. The number of hydrogen-bond donors (Lipinski definition) is 4. The summed E-state index contributed by atoms with van der Waals surface area (Å²) in [7, 11) is 0. The molecule has 4 unspecified atom stereocenters.